The number of carbonyl (C=O) groups is 1. The summed E-state index contributed by atoms with van der Waals surface area (Å²) in [4.78, 5) is 16.3. The summed E-state index contributed by atoms with van der Waals surface area (Å²) in [5, 5.41) is 6.84. The maximum absolute atomic E-state index is 12.2. The molecule has 0 bridgehead atoms. The van der Waals surface area contributed by atoms with E-state index < -0.39 is 0 Å². The molecule has 2 aromatic rings. The number of carbonyl (C=O) groups excluding carboxylic acids is 1. The molecular formula is C17H22Cl3N3O. The molecule has 0 saturated carbocycles. The molecule has 0 aliphatic rings. The van der Waals surface area contributed by atoms with Crippen LogP contribution in [0, 0.1) is 0 Å². The van der Waals surface area contributed by atoms with Crippen molar-refractivity contribution in [1.29, 1.82) is 0 Å². The summed E-state index contributed by atoms with van der Waals surface area (Å²) >= 11 is 5.89. The number of benzene rings is 1. The summed E-state index contributed by atoms with van der Waals surface area (Å²) in [6.07, 6.45) is 3.31. The van der Waals surface area contributed by atoms with Crippen molar-refractivity contribution in [3.8, 4) is 11.1 Å². The van der Waals surface area contributed by atoms with Crippen LogP contribution in [-0.2, 0) is 0 Å². The third-order valence-electron chi connectivity index (χ3n) is 3.30. The molecular weight excluding hydrogens is 369 g/mol. The molecule has 0 saturated heterocycles. The van der Waals surface area contributed by atoms with Crippen molar-refractivity contribution in [1.82, 2.24) is 15.6 Å². The lowest BCUT2D eigenvalue weighted by Crippen LogP contribution is -2.38. The summed E-state index contributed by atoms with van der Waals surface area (Å²) in [7, 11) is 0. The van der Waals surface area contributed by atoms with Crippen molar-refractivity contribution in [2.24, 2.45) is 0 Å². The number of aromatic nitrogens is 1. The predicted molar refractivity (Wildman–Crippen MR) is 105 cm³/mol. The molecule has 24 heavy (non-hydrogen) atoms. The Morgan fingerprint density at radius 3 is 2.46 bits per heavy atom. The van der Waals surface area contributed by atoms with Gasteiger partial charge in [0.1, 0.15) is 0 Å². The molecule has 2 N–H and O–H groups in total. The summed E-state index contributed by atoms with van der Waals surface area (Å²) < 4.78 is 0. The van der Waals surface area contributed by atoms with Gasteiger partial charge in [-0.15, -0.1) is 24.8 Å². The zero-order valence-corrected chi connectivity index (χ0v) is 16.0. The molecule has 4 nitrogen and oxygen atoms in total. The highest BCUT2D eigenvalue weighted by atomic mass is 35.5. The van der Waals surface area contributed by atoms with Gasteiger partial charge in [-0.05, 0) is 37.2 Å². The highest BCUT2D eigenvalue weighted by Crippen LogP contribution is 2.21. The topological polar surface area (TPSA) is 54.0 Å². The van der Waals surface area contributed by atoms with Crippen LogP contribution in [0.4, 0.5) is 0 Å². The Kier molecular flexibility index (Phi) is 10.6. The molecule has 0 fully saturated rings. The van der Waals surface area contributed by atoms with Crippen LogP contribution in [0.2, 0.25) is 5.02 Å². The Labute approximate surface area is 160 Å². The van der Waals surface area contributed by atoms with E-state index in [0.29, 0.717) is 17.1 Å². The molecule has 0 aliphatic carbocycles. The van der Waals surface area contributed by atoms with Crippen molar-refractivity contribution < 1.29 is 4.79 Å². The average molecular weight is 391 g/mol. The number of hydrogen-bond acceptors (Lipinski definition) is 3. The van der Waals surface area contributed by atoms with E-state index in [1.807, 2.05) is 44.2 Å². The van der Waals surface area contributed by atoms with Crippen molar-refractivity contribution >= 4 is 42.3 Å². The number of nitrogens with zero attached hydrogens (tertiary/aromatic N) is 1. The Hall–Kier alpha value is -1.33. The van der Waals surface area contributed by atoms with Gasteiger partial charge in [-0.25, -0.2) is 0 Å². The van der Waals surface area contributed by atoms with Crippen LogP contribution < -0.4 is 10.6 Å². The SMILES string of the molecule is CCN[C@H](C)CNC(=O)c1cncc(-c2ccc(Cl)cc2)c1.Cl.Cl. The standard InChI is InChI=1S/C17H20ClN3O.2ClH/c1-3-20-12(2)9-21-17(22)15-8-14(10-19-11-15)13-4-6-16(18)7-5-13;;/h4-8,10-12,20H,3,9H2,1-2H3,(H,21,22);2*1H/t12-;;/m1../s1. The molecule has 1 atom stereocenters. The van der Waals surface area contributed by atoms with Gasteiger partial charge in [0, 0.05) is 35.6 Å². The van der Waals surface area contributed by atoms with Crippen LogP contribution in [0.3, 0.4) is 0 Å². The molecule has 7 heteroatoms. The van der Waals surface area contributed by atoms with Crippen LogP contribution in [0.25, 0.3) is 11.1 Å². The number of pyridine rings is 1. The minimum Gasteiger partial charge on any atom is -0.350 e. The Bertz CT molecular complexity index is 635. The lowest BCUT2D eigenvalue weighted by molar-refractivity contribution is 0.0950. The first-order chi connectivity index (χ1) is 10.6. The minimum absolute atomic E-state index is 0. The molecule has 1 heterocycles. The van der Waals surface area contributed by atoms with Crippen molar-refractivity contribution in [2.45, 2.75) is 19.9 Å². The van der Waals surface area contributed by atoms with E-state index in [0.717, 1.165) is 17.7 Å². The van der Waals surface area contributed by atoms with Gasteiger partial charge in [0.2, 0.25) is 0 Å². The van der Waals surface area contributed by atoms with Gasteiger partial charge >= 0.3 is 0 Å². The second kappa shape index (κ2) is 11.3. The fourth-order valence-electron chi connectivity index (χ4n) is 2.13. The van der Waals surface area contributed by atoms with Crippen LogP contribution in [0.1, 0.15) is 24.2 Å². The number of nitrogens with one attached hydrogen (secondary N) is 2. The summed E-state index contributed by atoms with van der Waals surface area (Å²) in [5.41, 5.74) is 2.42. The van der Waals surface area contributed by atoms with E-state index in [4.69, 9.17) is 11.6 Å². The van der Waals surface area contributed by atoms with Gasteiger partial charge in [-0.3, -0.25) is 9.78 Å². The molecule has 0 spiro atoms. The lowest BCUT2D eigenvalue weighted by Gasteiger charge is -2.13. The summed E-state index contributed by atoms with van der Waals surface area (Å²) in [5.74, 6) is -0.118. The Morgan fingerprint density at radius 2 is 1.83 bits per heavy atom. The van der Waals surface area contributed by atoms with Gasteiger partial charge in [-0.2, -0.15) is 0 Å². The summed E-state index contributed by atoms with van der Waals surface area (Å²) in [6.45, 7) is 5.53. The average Bonchev–Trinajstić information content (AvgIpc) is 2.54. The number of hydrogen-bond donors (Lipinski definition) is 2. The van der Waals surface area contributed by atoms with Gasteiger partial charge in [-0.1, -0.05) is 30.7 Å². The smallest absolute Gasteiger partial charge is 0.252 e. The van der Waals surface area contributed by atoms with Crippen molar-refractivity contribution in [3.63, 3.8) is 0 Å². The quantitative estimate of drug-likeness (QED) is 0.784. The van der Waals surface area contributed by atoms with Gasteiger partial charge in [0.15, 0.2) is 0 Å². The van der Waals surface area contributed by atoms with Crippen molar-refractivity contribution in [3.05, 3.63) is 53.3 Å². The minimum atomic E-state index is -0.118. The fourth-order valence-corrected chi connectivity index (χ4v) is 2.26. The first-order valence-corrected chi connectivity index (χ1v) is 7.70. The monoisotopic (exact) mass is 389 g/mol. The van der Waals surface area contributed by atoms with Gasteiger partial charge in [0.05, 0.1) is 5.56 Å². The van der Waals surface area contributed by atoms with E-state index in [1.54, 1.807) is 12.4 Å². The second-order valence-electron chi connectivity index (χ2n) is 5.14. The van der Waals surface area contributed by atoms with E-state index in [9.17, 15) is 4.79 Å². The molecule has 132 valence electrons. The maximum Gasteiger partial charge on any atom is 0.252 e. The molecule has 0 aliphatic heterocycles. The number of halogens is 3. The number of amides is 1. The van der Waals surface area contributed by atoms with E-state index in [1.165, 1.54) is 0 Å². The normalized spacial score (nSPS) is 11.0. The van der Waals surface area contributed by atoms with E-state index >= 15 is 0 Å². The molecule has 2 rings (SSSR count). The maximum atomic E-state index is 12.2. The summed E-state index contributed by atoms with van der Waals surface area (Å²) in [6, 6.07) is 9.54. The van der Waals surface area contributed by atoms with Crippen LogP contribution in [-0.4, -0.2) is 30.0 Å². The third-order valence-corrected chi connectivity index (χ3v) is 3.55. The fraction of sp³-hybridized carbons (Fsp3) is 0.294. The first-order valence-electron chi connectivity index (χ1n) is 7.32. The zero-order chi connectivity index (χ0) is 15.9. The van der Waals surface area contributed by atoms with Crippen molar-refractivity contribution in [2.75, 3.05) is 13.1 Å². The van der Waals surface area contributed by atoms with Crippen LogP contribution in [0.15, 0.2) is 42.7 Å². The Balaban J connectivity index is 0.00000264. The molecule has 0 radical (unpaired) electrons. The molecule has 1 aromatic carbocycles. The van der Waals surface area contributed by atoms with Crippen LogP contribution in [0.5, 0.6) is 0 Å². The zero-order valence-electron chi connectivity index (χ0n) is 13.6. The first kappa shape index (κ1) is 22.7. The highest BCUT2D eigenvalue weighted by molar-refractivity contribution is 6.30. The third kappa shape index (κ3) is 6.65. The largest absolute Gasteiger partial charge is 0.350 e. The van der Waals surface area contributed by atoms with E-state index in [2.05, 4.69) is 15.6 Å². The second-order valence-corrected chi connectivity index (χ2v) is 5.57. The molecule has 0 unspecified atom stereocenters. The molecule has 1 amide bonds. The predicted octanol–water partition coefficient (Wildman–Crippen LogP) is 3.97. The lowest BCUT2D eigenvalue weighted by atomic mass is 10.1. The van der Waals surface area contributed by atoms with Crippen LogP contribution >= 0.6 is 36.4 Å². The van der Waals surface area contributed by atoms with Gasteiger partial charge < -0.3 is 10.6 Å². The van der Waals surface area contributed by atoms with Gasteiger partial charge in [0.25, 0.3) is 5.91 Å². The van der Waals surface area contributed by atoms with E-state index in [-0.39, 0.29) is 36.8 Å². The number of likely N-dealkylation sites (N-methyl/N-ethyl adjacent to an activating group) is 1. The molecule has 1 aromatic heterocycles. The number of rotatable bonds is 6. The Morgan fingerprint density at radius 1 is 1.17 bits per heavy atom. The highest BCUT2D eigenvalue weighted by Gasteiger charge is 2.09.